The van der Waals surface area contributed by atoms with Gasteiger partial charge in [-0.1, -0.05) is 6.07 Å². The van der Waals surface area contributed by atoms with Gasteiger partial charge in [0.05, 0.1) is 24.6 Å². The third-order valence-corrected chi connectivity index (χ3v) is 4.31. The highest BCUT2D eigenvalue weighted by Crippen LogP contribution is 2.27. The first-order valence-corrected chi connectivity index (χ1v) is 8.32. The zero-order chi connectivity index (χ0) is 15.8. The molecule has 1 aromatic carbocycles. The van der Waals surface area contributed by atoms with E-state index in [1.54, 1.807) is 0 Å². The van der Waals surface area contributed by atoms with E-state index in [0.29, 0.717) is 13.1 Å². The molecule has 124 valence electrons. The fourth-order valence-corrected chi connectivity index (χ4v) is 3.13. The van der Waals surface area contributed by atoms with Crippen LogP contribution in [-0.2, 0) is 6.42 Å². The highest BCUT2D eigenvalue weighted by molar-refractivity contribution is 5.68. The molecule has 0 radical (unpaired) electrons. The number of anilines is 2. The maximum Gasteiger partial charge on any atom is 0.0600 e. The lowest BCUT2D eigenvalue weighted by Gasteiger charge is -2.21. The van der Waals surface area contributed by atoms with Crippen LogP contribution in [0.15, 0.2) is 18.2 Å². The number of aliphatic hydroxyl groups is 2. The molecule has 0 amide bonds. The standard InChI is InChI=1S/C17H29N3O2/c18-16-14-15(4-3-7-19(10-12-21)11-13-22)5-6-17(16)20-8-1-2-9-20/h5-6,14,21-22H,1-4,7-13,18H2. The largest absolute Gasteiger partial charge is 0.397 e. The smallest absolute Gasteiger partial charge is 0.0600 e. The first kappa shape index (κ1) is 17.1. The Morgan fingerprint density at radius 1 is 1.05 bits per heavy atom. The molecule has 4 N–H and O–H groups in total. The summed E-state index contributed by atoms with van der Waals surface area (Å²) in [7, 11) is 0. The van der Waals surface area contributed by atoms with Crippen molar-refractivity contribution in [3.05, 3.63) is 23.8 Å². The number of rotatable bonds is 9. The number of nitrogens with zero attached hydrogens (tertiary/aromatic N) is 2. The molecule has 2 rings (SSSR count). The SMILES string of the molecule is Nc1cc(CCCN(CCO)CCO)ccc1N1CCCC1. The predicted octanol–water partition coefficient (Wildman–Crippen LogP) is 1.09. The zero-order valence-corrected chi connectivity index (χ0v) is 13.4. The summed E-state index contributed by atoms with van der Waals surface area (Å²) in [6.45, 7) is 4.62. The van der Waals surface area contributed by atoms with Gasteiger partial charge in [-0.15, -0.1) is 0 Å². The van der Waals surface area contributed by atoms with Gasteiger partial charge in [0.15, 0.2) is 0 Å². The Balaban J connectivity index is 1.84. The lowest BCUT2D eigenvalue weighted by atomic mass is 10.1. The highest BCUT2D eigenvalue weighted by Gasteiger charge is 2.14. The first-order chi connectivity index (χ1) is 10.7. The molecule has 0 atom stereocenters. The number of nitrogens with two attached hydrogens (primary N) is 1. The maximum atomic E-state index is 9.01. The van der Waals surface area contributed by atoms with Gasteiger partial charge in [0, 0.05) is 26.2 Å². The van der Waals surface area contributed by atoms with Gasteiger partial charge in [-0.2, -0.15) is 0 Å². The Labute approximate surface area is 133 Å². The number of nitrogen functional groups attached to an aromatic ring is 1. The third kappa shape index (κ3) is 4.87. The van der Waals surface area contributed by atoms with Crippen molar-refractivity contribution < 1.29 is 10.2 Å². The van der Waals surface area contributed by atoms with Crippen molar-refractivity contribution in [1.82, 2.24) is 4.90 Å². The van der Waals surface area contributed by atoms with Gasteiger partial charge in [0.25, 0.3) is 0 Å². The number of hydrogen-bond acceptors (Lipinski definition) is 5. The normalized spacial score (nSPS) is 15.0. The van der Waals surface area contributed by atoms with E-state index in [2.05, 4.69) is 28.0 Å². The van der Waals surface area contributed by atoms with E-state index in [1.807, 2.05) is 0 Å². The maximum absolute atomic E-state index is 9.01. The molecule has 1 heterocycles. The molecule has 1 saturated heterocycles. The summed E-state index contributed by atoms with van der Waals surface area (Å²) in [5, 5.41) is 18.0. The van der Waals surface area contributed by atoms with E-state index in [9.17, 15) is 0 Å². The average molecular weight is 307 g/mol. The van der Waals surface area contributed by atoms with Crippen LogP contribution in [0.4, 0.5) is 11.4 Å². The Kier molecular flexibility index (Phi) is 6.96. The van der Waals surface area contributed by atoms with Crippen LogP contribution < -0.4 is 10.6 Å². The predicted molar refractivity (Wildman–Crippen MR) is 91.2 cm³/mol. The lowest BCUT2D eigenvalue weighted by molar-refractivity contribution is 0.160. The van der Waals surface area contributed by atoms with E-state index < -0.39 is 0 Å². The van der Waals surface area contributed by atoms with Crippen LogP contribution in [0.1, 0.15) is 24.8 Å². The minimum atomic E-state index is 0.136. The molecule has 1 aromatic rings. The fourth-order valence-electron chi connectivity index (χ4n) is 3.13. The number of aryl methyl sites for hydroxylation is 1. The Morgan fingerprint density at radius 2 is 1.73 bits per heavy atom. The molecular formula is C17H29N3O2. The molecule has 5 heteroatoms. The summed E-state index contributed by atoms with van der Waals surface area (Å²) in [5.41, 5.74) is 9.51. The van der Waals surface area contributed by atoms with Crippen molar-refractivity contribution in [1.29, 1.82) is 0 Å². The molecule has 0 spiro atoms. The minimum Gasteiger partial charge on any atom is -0.397 e. The summed E-state index contributed by atoms with van der Waals surface area (Å²) >= 11 is 0. The zero-order valence-electron chi connectivity index (χ0n) is 13.4. The number of hydrogen-bond donors (Lipinski definition) is 3. The summed E-state index contributed by atoms with van der Waals surface area (Å²) in [4.78, 5) is 4.45. The number of aliphatic hydroxyl groups excluding tert-OH is 2. The van der Waals surface area contributed by atoms with Crippen molar-refractivity contribution in [2.45, 2.75) is 25.7 Å². The van der Waals surface area contributed by atoms with Crippen molar-refractivity contribution in [2.75, 3.05) is 56.6 Å². The molecule has 0 bridgehead atoms. The lowest BCUT2D eigenvalue weighted by Crippen LogP contribution is -2.31. The van der Waals surface area contributed by atoms with Gasteiger partial charge >= 0.3 is 0 Å². The van der Waals surface area contributed by atoms with Crippen molar-refractivity contribution in [2.24, 2.45) is 0 Å². The van der Waals surface area contributed by atoms with Crippen LogP contribution in [0, 0.1) is 0 Å². The molecule has 0 aromatic heterocycles. The second-order valence-corrected chi connectivity index (χ2v) is 5.98. The summed E-state index contributed by atoms with van der Waals surface area (Å²) < 4.78 is 0. The summed E-state index contributed by atoms with van der Waals surface area (Å²) in [6.07, 6.45) is 4.49. The van der Waals surface area contributed by atoms with Gasteiger partial charge in [0.2, 0.25) is 0 Å². The molecule has 1 aliphatic rings. The molecule has 0 unspecified atom stereocenters. The van der Waals surface area contributed by atoms with Crippen molar-refractivity contribution in [3.8, 4) is 0 Å². The van der Waals surface area contributed by atoms with Crippen LogP contribution in [-0.4, -0.2) is 61.1 Å². The van der Waals surface area contributed by atoms with Gasteiger partial charge in [0.1, 0.15) is 0 Å². The van der Waals surface area contributed by atoms with E-state index in [-0.39, 0.29) is 13.2 Å². The summed E-state index contributed by atoms with van der Waals surface area (Å²) in [6, 6.07) is 6.41. The van der Waals surface area contributed by atoms with Gasteiger partial charge in [-0.25, -0.2) is 0 Å². The third-order valence-electron chi connectivity index (χ3n) is 4.31. The van der Waals surface area contributed by atoms with E-state index in [4.69, 9.17) is 15.9 Å². The average Bonchev–Trinajstić information content (AvgIpc) is 3.02. The van der Waals surface area contributed by atoms with Crippen molar-refractivity contribution >= 4 is 11.4 Å². The van der Waals surface area contributed by atoms with Crippen molar-refractivity contribution in [3.63, 3.8) is 0 Å². The second-order valence-electron chi connectivity index (χ2n) is 5.98. The van der Waals surface area contributed by atoms with Crippen LogP contribution in [0.3, 0.4) is 0 Å². The highest BCUT2D eigenvalue weighted by atomic mass is 16.3. The van der Waals surface area contributed by atoms with E-state index in [1.165, 1.54) is 24.1 Å². The van der Waals surface area contributed by atoms with Gasteiger partial charge in [-0.3, -0.25) is 4.90 Å². The molecule has 22 heavy (non-hydrogen) atoms. The number of benzene rings is 1. The second kappa shape index (κ2) is 8.98. The molecule has 5 nitrogen and oxygen atoms in total. The van der Waals surface area contributed by atoms with Crippen LogP contribution in [0.5, 0.6) is 0 Å². The molecule has 0 saturated carbocycles. The quantitative estimate of drug-likeness (QED) is 0.596. The fraction of sp³-hybridized carbons (Fsp3) is 0.647. The Morgan fingerprint density at radius 3 is 2.32 bits per heavy atom. The van der Waals surface area contributed by atoms with Gasteiger partial charge in [-0.05, 0) is 49.9 Å². The monoisotopic (exact) mass is 307 g/mol. The Hall–Kier alpha value is -1.30. The Bertz CT molecular complexity index is 442. The minimum absolute atomic E-state index is 0.136. The molecule has 1 aliphatic heterocycles. The molecule has 1 fully saturated rings. The van der Waals surface area contributed by atoms with Crippen LogP contribution >= 0.6 is 0 Å². The van der Waals surface area contributed by atoms with Gasteiger partial charge < -0.3 is 20.8 Å². The van der Waals surface area contributed by atoms with Crippen LogP contribution in [0.2, 0.25) is 0 Å². The van der Waals surface area contributed by atoms with E-state index >= 15 is 0 Å². The van der Waals surface area contributed by atoms with Crippen LogP contribution in [0.25, 0.3) is 0 Å². The molecule has 0 aliphatic carbocycles. The molecular weight excluding hydrogens is 278 g/mol. The first-order valence-electron chi connectivity index (χ1n) is 8.32. The van der Waals surface area contributed by atoms with E-state index in [0.717, 1.165) is 38.2 Å². The topological polar surface area (TPSA) is 73.0 Å². The summed E-state index contributed by atoms with van der Waals surface area (Å²) in [5.74, 6) is 0.